The molecule has 22 heavy (non-hydrogen) atoms. The highest BCUT2D eigenvalue weighted by molar-refractivity contribution is 7.21. The van der Waals surface area contributed by atoms with Gasteiger partial charge < -0.3 is 18.9 Å². The van der Waals surface area contributed by atoms with Crippen LogP contribution in [0.4, 0.5) is 0 Å². The van der Waals surface area contributed by atoms with Gasteiger partial charge in [0, 0.05) is 13.2 Å². The molecular weight excluding hydrogens is 320 g/mol. The third-order valence-electron chi connectivity index (χ3n) is 2.84. The van der Waals surface area contributed by atoms with E-state index in [1.807, 2.05) is 36.7 Å². The second-order valence-electron chi connectivity index (χ2n) is 4.32. The van der Waals surface area contributed by atoms with E-state index in [1.54, 1.807) is 22.7 Å². The topological polar surface area (TPSA) is 36.9 Å². The monoisotopic (exact) mass is 342 g/mol. The predicted octanol–water partition coefficient (Wildman–Crippen LogP) is 4.31. The Bertz CT molecular complexity index is 487. The van der Waals surface area contributed by atoms with E-state index in [4.69, 9.17) is 18.9 Å². The highest BCUT2D eigenvalue weighted by Crippen LogP contribution is 2.44. The van der Waals surface area contributed by atoms with Gasteiger partial charge in [-0.3, -0.25) is 0 Å². The Morgan fingerprint density at radius 1 is 0.727 bits per heavy atom. The molecule has 0 unspecified atom stereocenters. The molecule has 0 spiro atoms. The smallest absolute Gasteiger partial charge is 0.138 e. The van der Waals surface area contributed by atoms with E-state index in [0.717, 1.165) is 21.3 Å². The van der Waals surface area contributed by atoms with E-state index in [2.05, 4.69) is 0 Å². The maximum absolute atomic E-state index is 5.81. The van der Waals surface area contributed by atoms with Gasteiger partial charge in [0.25, 0.3) is 0 Å². The van der Waals surface area contributed by atoms with Crippen LogP contribution in [0.2, 0.25) is 0 Å². The molecule has 0 aliphatic carbocycles. The zero-order valence-corrected chi connectivity index (χ0v) is 14.6. The molecule has 122 valence electrons. The van der Waals surface area contributed by atoms with E-state index in [0.29, 0.717) is 39.6 Å². The molecule has 2 aromatic rings. The standard InChI is InChI=1S/C16H22O4S2/c1-3-17-7-9-19-13-5-11-21-15(13)16-14(6-12-22-16)20-10-8-18-4-2/h5-6,11-12H,3-4,7-10H2,1-2H3. The Morgan fingerprint density at radius 2 is 1.18 bits per heavy atom. The molecule has 0 saturated carbocycles. The minimum atomic E-state index is 0.559. The number of ether oxygens (including phenoxy) is 4. The lowest BCUT2D eigenvalue weighted by atomic mass is 10.3. The Labute approximate surface area is 139 Å². The summed E-state index contributed by atoms with van der Waals surface area (Å²) in [6, 6.07) is 3.99. The van der Waals surface area contributed by atoms with Crippen LogP contribution in [0, 0.1) is 0 Å². The van der Waals surface area contributed by atoms with Crippen LogP contribution in [-0.2, 0) is 9.47 Å². The average Bonchev–Trinajstić information content (AvgIpc) is 3.16. The lowest BCUT2D eigenvalue weighted by Gasteiger charge is -2.09. The Balaban J connectivity index is 1.97. The molecule has 0 bridgehead atoms. The van der Waals surface area contributed by atoms with Gasteiger partial charge in [0.05, 0.1) is 23.0 Å². The van der Waals surface area contributed by atoms with Crippen LogP contribution in [0.3, 0.4) is 0 Å². The SMILES string of the molecule is CCOCCOc1ccsc1-c1sccc1OCCOCC. The molecule has 0 radical (unpaired) electrons. The predicted molar refractivity (Wildman–Crippen MR) is 91.6 cm³/mol. The minimum Gasteiger partial charge on any atom is -0.490 e. The molecule has 2 heterocycles. The molecule has 0 saturated heterocycles. The molecule has 0 aliphatic heterocycles. The van der Waals surface area contributed by atoms with Crippen molar-refractivity contribution >= 4 is 22.7 Å². The second kappa shape index (κ2) is 9.84. The lowest BCUT2D eigenvalue weighted by molar-refractivity contribution is 0.110. The van der Waals surface area contributed by atoms with Gasteiger partial charge in [0.15, 0.2) is 0 Å². The van der Waals surface area contributed by atoms with Gasteiger partial charge in [-0.05, 0) is 36.7 Å². The number of hydrogen-bond acceptors (Lipinski definition) is 6. The van der Waals surface area contributed by atoms with E-state index < -0.39 is 0 Å². The molecular formula is C16H22O4S2. The summed E-state index contributed by atoms with van der Waals surface area (Å²) in [7, 11) is 0. The van der Waals surface area contributed by atoms with Crippen molar-refractivity contribution in [1.29, 1.82) is 0 Å². The van der Waals surface area contributed by atoms with Crippen molar-refractivity contribution < 1.29 is 18.9 Å². The Hall–Kier alpha value is -1.08. The third-order valence-corrected chi connectivity index (χ3v) is 4.80. The van der Waals surface area contributed by atoms with Gasteiger partial charge >= 0.3 is 0 Å². The Morgan fingerprint density at radius 3 is 1.59 bits per heavy atom. The van der Waals surface area contributed by atoms with Crippen LogP contribution in [0.5, 0.6) is 11.5 Å². The lowest BCUT2D eigenvalue weighted by Crippen LogP contribution is -2.07. The fourth-order valence-electron chi connectivity index (χ4n) is 1.86. The molecule has 0 N–H and O–H groups in total. The number of hydrogen-bond donors (Lipinski definition) is 0. The molecule has 2 aromatic heterocycles. The quantitative estimate of drug-likeness (QED) is 0.570. The van der Waals surface area contributed by atoms with Gasteiger partial charge in [0.1, 0.15) is 24.7 Å². The summed E-state index contributed by atoms with van der Waals surface area (Å²) in [5, 5.41) is 4.07. The van der Waals surface area contributed by atoms with Gasteiger partial charge in [0.2, 0.25) is 0 Å². The Kier molecular flexibility index (Phi) is 7.73. The van der Waals surface area contributed by atoms with Crippen molar-refractivity contribution in [2.45, 2.75) is 13.8 Å². The first kappa shape index (κ1) is 17.3. The fraction of sp³-hybridized carbons (Fsp3) is 0.500. The summed E-state index contributed by atoms with van der Waals surface area (Å²) in [4.78, 5) is 2.22. The normalized spacial score (nSPS) is 10.8. The zero-order valence-electron chi connectivity index (χ0n) is 13.0. The molecule has 0 aromatic carbocycles. The van der Waals surface area contributed by atoms with Crippen molar-refractivity contribution in [3.05, 3.63) is 22.9 Å². The second-order valence-corrected chi connectivity index (χ2v) is 6.15. The van der Waals surface area contributed by atoms with Crippen LogP contribution in [0.25, 0.3) is 9.75 Å². The first-order valence-corrected chi connectivity index (χ1v) is 9.19. The van der Waals surface area contributed by atoms with E-state index >= 15 is 0 Å². The summed E-state index contributed by atoms with van der Waals surface area (Å²) in [6.45, 7) is 7.71. The maximum atomic E-state index is 5.81. The average molecular weight is 342 g/mol. The third kappa shape index (κ3) is 4.98. The van der Waals surface area contributed by atoms with Crippen molar-refractivity contribution in [2.24, 2.45) is 0 Å². The maximum Gasteiger partial charge on any atom is 0.138 e. The number of thiophene rings is 2. The first-order chi connectivity index (χ1) is 10.9. The largest absolute Gasteiger partial charge is 0.490 e. The van der Waals surface area contributed by atoms with Crippen LogP contribution >= 0.6 is 22.7 Å². The molecule has 0 atom stereocenters. The van der Waals surface area contributed by atoms with Crippen molar-refractivity contribution in [3.8, 4) is 21.3 Å². The molecule has 4 nitrogen and oxygen atoms in total. The van der Waals surface area contributed by atoms with Crippen molar-refractivity contribution in [2.75, 3.05) is 39.6 Å². The van der Waals surface area contributed by atoms with Gasteiger partial charge in [-0.25, -0.2) is 0 Å². The van der Waals surface area contributed by atoms with Crippen molar-refractivity contribution in [1.82, 2.24) is 0 Å². The molecule has 2 rings (SSSR count). The molecule has 0 aliphatic rings. The summed E-state index contributed by atoms with van der Waals surface area (Å²) in [5.74, 6) is 1.78. The minimum absolute atomic E-state index is 0.559. The van der Waals surface area contributed by atoms with E-state index in [-0.39, 0.29) is 0 Å². The van der Waals surface area contributed by atoms with Gasteiger partial charge in [-0.1, -0.05) is 0 Å². The summed E-state index contributed by atoms with van der Waals surface area (Å²) >= 11 is 3.32. The van der Waals surface area contributed by atoms with Crippen molar-refractivity contribution in [3.63, 3.8) is 0 Å². The molecule has 0 amide bonds. The summed E-state index contributed by atoms with van der Waals surface area (Å²) in [6.07, 6.45) is 0. The van der Waals surface area contributed by atoms with Gasteiger partial charge in [-0.2, -0.15) is 0 Å². The number of rotatable bonds is 11. The van der Waals surface area contributed by atoms with Crippen LogP contribution in [-0.4, -0.2) is 39.6 Å². The van der Waals surface area contributed by atoms with Crippen LogP contribution in [0.15, 0.2) is 22.9 Å². The summed E-state index contributed by atoms with van der Waals surface area (Å²) in [5.41, 5.74) is 0. The fourth-order valence-corrected chi connectivity index (χ4v) is 3.71. The first-order valence-electron chi connectivity index (χ1n) is 7.43. The highest BCUT2D eigenvalue weighted by atomic mass is 32.1. The van der Waals surface area contributed by atoms with E-state index in [1.165, 1.54) is 0 Å². The van der Waals surface area contributed by atoms with Gasteiger partial charge in [-0.15, -0.1) is 22.7 Å². The summed E-state index contributed by atoms with van der Waals surface area (Å²) < 4.78 is 22.2. The van der Waals surface area contributed by atoms with E-state index in [9.17, 15) is 0 Å². The molecule has 6 heteroatoms. The highest BCUT2D eigenvalue weighted by Gasteiger charge is 2.15. The molecule has 0 fully saturated rings. The zero-order chi connectivity index (χ0) is 15.6. The van der Waals surface area contributed by atoms with Crippen LogP contribution in [0.1, 0.15) is 13.8 Å². The van der Waals surface area contributed by atoms with Crippen LogP contribution < -0.4 is 9.47 Å².